The number of nitrogens with zero attached hydrogens (tertiary/aromatic N) is 3. The molecule has 0 saturated carbocycles. The Morgan fingerprint density at radius 3 is 2.28 bits per heavy atom. The van der Waals surface area contributed by atoms with E-state index in [0.29, 0.717) is 28.7 Å². The van der Waals surface area contributed by atoms with Crippen LogP contribution in [0.5, 0.6) is 17.2 Å². The van der Waals surface area contributed by atoms with Crippen LogP contribution in [-0.2, 0) is 0 Å². The third-order valence-electron chi connectivity index (χ3n) is 5.22. The number of ether oxygens (including phenoxy) is 3. The molecule has 3 aromatic rings. The van der Waals surface area contributed by atoms with Crippen molar-refractivity contribution in [3.63, 3.8) is 0 Å². The molecule has 0 aliphatic carbocycles. The van der Waals surface area contributed by atoms with Gasteiger partial charge in [0, 0.05) is 24.7 Å². The van der Waals surface area contributed by atoms with Crippen LogP contribution in [-0.4, -0.2) is 63.3 Å². The van der Waals surface area contributed by atoms with Crippen molar-refractivity contribution in [2.45, 2.75) is 13.8 Å². The summed E-state index contributed by atoms with van der Waals surface area (Å²) in [6.07, 6.45) is 0. The average Bonchev–Trinajstić information content (AvgIpc) is 3.23. The first-order valence-corrected chi connectivity index (χ1v) is 11.1. The van der Waals surface area contributed by atoms with Gasteiger partial charge in [-0.15, -0.1) is 12.4 Å². The van der Waals surface area contributed by atoms with Gasteiger partial charge in [0.25, 0.3) is 5.91 Å². The standard InChI is InChI=1S/C23H29N3O4S.ClH/c1-6-25(7-2)12-13-26(22(27)16-8-10-19(29-4)20(14-16)30-5)23-24-18-15-17(28-3)9-11-21(18)31-23;/h8-11,14-15H,6-7,12-13H2,1-5H3;1H. The minimum absolute atomic E-state index is 0. The van der Waals surface area contributed by atoms with E-state index in [1.807, 2.05) is 18.2 Å². The van der Waals surface area contributed by atoms with E-state index in [0.717, 1.165) is 35.6 Å². The summed E-state index contributed by atoms with van der Waals surface area (Å²) in [5.41, 5.74) is 1.33. The molecule has 3 rings (SSSR count). The number of methoxy groups -OCH3 is 3. The van der Waals surface area contributed by atoms with E-state index in [2.05, 4.69) is 18.7 Å². The van der Waals surface area contributed by atoms with E-state index in [1.165, 1.54) is 11.3 Å². The number of thiazole rings is 1. The molecule has 1 heterocycles. The zero-order valence-corrected chi connectivity index (χ0v) is 20.7. The van der Waals surface area contributed by atoms with Crippen LogP contribution in [0.3, 0.4) is 0 Å². The second-order valence-electron chi connectivity index (χ2n) is 6.88. The number of likely N-dealkylation sites (N-methyl/N-ethyl adjacent to an activating group) is 1. The first-order chi connectivity index (χ1) is 15.0. The Morgan fingerprint density at radius 1 is 0.938 bits per heavy atom. The topological polar surface area (TPSA) is 64.1 Å². The largest absolute Gasteiger partial charge is 0.497 e. The summed E-state index contributed by atoms with van der Waals surface area (Å²) in [6.45, 7) is 7.37. The van der Waals surface area contributed by atoms with Crippen molar-refractivity contribution in [1.29, 1.82) is 0 Å². The monoisotopic (exact) mass is 479 g/mol. The van der Waals surface area contributed by atoms with E-state index in [-0.39, 0.29) is 18.3 Å². The molecule has 0 fully saturated rings. The Hall–Kier alpha value is -2.55. The number of carbonyl (C=O) groups is 1. The van der Waals surface area contributed by atoms with E-state index < -0.39 is 0 Å². The zero-order chi connectivity index (χ0) is 22.4. The van der Waals surface area contributed by atoms with Gasteiger partial charge in [0.05, 0.1) is 31.5 Å². The molecule has 0 radical (unpaired) electrons. The SMILES string of the molecule is CCN(CC)CCN(C(=O)c1ccc(OC)c(OC)c1)c1nc2cc(OC)ccc2s1.Cl. The van der Waals surface area contributed by atoms with Gasteiger partial charge >= 0.3 is 0 Å². The van der Waals surface area contributed by atoms with Crippen LogP contribution in [0, 0.1) is 0 Å². The van der Waals surface area contributed by atoms with Gasteiger partial charge in [-0.25, -0.2) is 4.98 Å². The molecule has 9 heteroatoms. The fourth-order valence-electron chi connectivity index (χ4n) is 3.33. The first kappa shape index (κ1) is 25.7. The molecule has 7 nitrogen and oxygen atoms in total. The molecule has 0 aliphatic rings. The smallest absolute Gasteiger partial charge is 0.260 e. The normalized spacial score (nSPS) is 10.7. The summed E-state index contributed by atoms with van der Waals surface area (Å²) in [5, 5.41) is 0.662. The highest BCUT2D eigenvalue weighted by Crippen LogP contribution is 2.33. The summed E-state index contributed by atoms with van der Waals surface area (Å²) in [6, 6.07) is 11.0. The maximum atomic E-state index is 13.6. The molecule has 0 atom stereocenters. The third-order valence-corrected chi connectivity index (χ3v) is 6.28. The molecule has 0 bridgehead atoms. The lowest BCUT2D eigenvalue weighted by atomic mass is 10.1. The Balaban J connectivity index is 0.00000363. The van der Waals surface area contributed by atoms with Crippen LogP contribution in [0.2, 0.25) is 0 Å². The minimum Gasteiger partial charge on any atom is -0.497 e. The molecule has 2 aromatic carbocycles. The maximum absolute atomic E-state index is 13.6. The molecule has 0 N–H and O–H groups in total. The predicted molar refractivity (Wildman–Crippen MR) is 132 cm³/mol. The van der Waals surface area contributed by atoms with Crippen molar-refractivity contribution in [1.82, 2.24) is 9.88 Å². The second-order valence-corrected chi connectivity index (χ2v) is 7.89. The molecule has 1 amide bonds. The van der Waals surface area contributed by atoms with Gasteiger partial charge in [-0.05, 0) is 43.4 Å². The summed E-state index contributed by atoms with van der Waals surface area (Å²) >= 11 is 1.50. The molecule has 0 saturated heterocycles. The Kier molecular flexibility index (Phi) is 9.56. The Bertz CT molecular complexity index is 1040. The summed E-state index contributed by atoms with van der Waals surface area (Å²) in [4.78, 5) is 22.3. The van der Waals surface area contributed by atoms with Crippen molar-refractivity contribution in [3.8, 4) is 17.2 Å². The number of carbonyl (C=O) groups excluding carboxylic acids is 1. The molecule has 32 heavy (non-hydrogen) atoms. The summed E-state index contributed by atoms with van der Waals surface area (Å²) in [7, 11) is 4.77. The van der Waals surface area contributed by atoms with Gasteiger partial charge in [0.15, 0.2) is 16.6 Å². The average molecular weight is 480 g/mol. The highest BCUT2D eigenvalue weighted by atomic mass is 35.5. The molecule has 0 aliphatic heterocycles. The van der Waals surface area contributed by atoms with Crippen LogP contribution in [0.4, 0.5) is 5.13 Å². The Labute approximate surface area is 199 Å². The Morgan fingerprint density at radius 2 is 1.66 bits per heavy atom. The quantitative estimate of drug-likeness (QED) is 0.418. The lowest BCUT2D eigenvalue weighted by Gasteiger charge is -2.25. The molecule has 1 aromatic heterocycles. The maximum Gasteiger partial charge on any atom is 0.260 e. The van der Waals surface area contributed by atoms with Gasteiger partial charge in [-0.2, -0.15) is 0 Å². The zero-order valence-electron chi connectivity index (χ0n) is 19.1. The van der Waals surface area contributed by atoms with Gasteiger partial charge < -0.3 is 19.1 Å². The van der Waals surface area contributed by atoms with Crippen LogP contribution in [0.25, 0.3) is 10.2 Å². The van der Waals surface area contributed by atoms with E-state index in [4.69, 9.17) is 19.2 Å². The van der Waals surface area contributed by atoms with Crippen molar-refractivity contribution >= 4 is 45.0 Å². The van der Waals surface area contributed by atoms with Crippen molar-refractivity contribution in [3.05, 3.63) is 42.0 Å². The van der Waals surface area contributed by atoms with E-state index >= 15 is 0 Å². The van der Waals surface area contributed by atoms with E-state index in [9.17, 15) is 4.79 Å². The number of anilines is 1. The van der Waals surface area contributed by atoms with Crippen LogP contribution >= 0.6 is 23.7 Å². The van der Waals surface area contributed by atoms with Crippen LogP contribution in [0.1, 0.15) is 24.2 Å². The third kappa shape index (κ3) is 5.62. The van der Waals surface area contributed by atoms with Crippen molar-refractivity contribution in [2.24, 2.45) is 0 Å². The van der Waals surface area contributed by atoms with Crippen molar-refractivity contribution in [2.75, 3.05) is 52.4 Å². The minimum atomic E-state index is -0.126. The second kappa shape index (κ2) is 11.9. The van der Waals surface area contributed by atoms with Gasteiger partial charge in [0.2, 0.25) is 0 Å². The first-order valence-electron chi connectivity index (χ1n) is 10.2. The number of amides is 1. The van der Waals surface area contributed by atoms with Gasteiger partial charge in [0.1, 0.15) is 5.75 Å². The summed E-state index contributed by atoms with van der Waals surface area (Å²) in [5.74, 6) is 1.72. The highest BCUT2D eigenvalue weighted by Gasteiger charge is 2.23. The molecular formula is C23H30ClN3O4S. The number of halogens is 1. The van der Waals surface area contributed by atoms with Crippen molar-refractivity contribution < 1.29 is 19.0 Å². The van der Waals surface area contributed by atoms with Gasteiger partial charge in [-0.3, -0.25) is 9.69 Å². The fraction of sp³-hybridized carbons (Fsp3) is 0.391. The predicted octanol–water partition coefficient (Wildman–Crippen LogP) is 4.73. The number of hydrogen-bond acceptors (Lipinski definition) is 7. The number of fused-ring (bicyclic) bond motifs is 1. The van der Waals surface area contributed by atoms with Crippen LogP contribution < -0.4 is 19.1 Å². The fourth-order valence-corrected chi connectivity index (χ4v) is 4.30. The lowest BCUT2D eigenvalue weighted by molar-refractivity contribution is 0.0983. The summed E-state index contributed by atoms with van der Waals surface area (Å²) < 4.78 is 17.0. The molecule has 0 unspecified atom stereocenters. The molecular weight excluding hydrogens is 450 g/mol. The number of hydrogen-bond donors (Lipinski definition) is 0. The molecule has 174 valence electrons. The lowest BCUT2D eigenvalue weighted by Crippen LogP contribution is -2.38. The van der Waals surface area contributed by atoms with E-state index in [1.54, 1.807) is 44.4 Å². The number of rotatable bonds is 10. The molecule has 0 spiro atoms. The highest BCUT2D eigenvalue weighted by molar-refractivity contribution is 7.22. The van der Waals surface area contributed by atoms with Gasteiger partial charge in [-0.1, -0.05) is 25.2 Å². The van der Waals surface area contributed by atoms with Crippen LogP contribution in [0.15, 0.2) is 36.4 Å². The number of aromatic nitrogens is 1. The number of benzene rings is 2.